The predicted octanol–water partition coefficient (Wildman–Crippen LogP) is 4.41. The lowest BCUT2D eigenvalue weighted by Gasteiger charge is -2.33. The lowest BCUT2D eigenvalue weighted by molar-refractivity contribution is -0.139. The van der Waals surface area contributed by atoms with Crippen LogP contribution in [-0.2, 0) is 4.79 Å². The number of hydrogen-bond donors (Lipinski definition) is 1. The topological polar surface area (TPSA) is 47.6 Å². The number of rotatable bonds is 8. The Bertz CT molecular complexity index is 531. The molecule has 0 saturated carbocycles. The molecule has 0 spiro atoms. The van der Waals surface area contributed by atoms with Crippen molar-refractivity contribution in [3.63, 3.8) is 0 Å². The summed E-state index contributed by atoms with van der Waals surface area (Å²) in [5.41, 5.74) is -0.935. The van der Waals surface area contributed by atoms with Gasteiger partial charge in [-0.2, -0.15) is 0 Å². The van der Waals surface area contributed by atoms with Gasteiger partial charge in [-0.1, -0.05) is 27.7 Å². The van der Waals surface area contributed by atoms with E-state index in [4.69, 9.17) is 9.47 Å². The number of benzene rings is 1. The van der Waals surface area contributed by atoms with Crippen molar-refractivity contribution in [3.8, 4) is 11.5 Å². The van der Waals surface area contributed by atoms with E-state index in [2.05, 4.69) is 35.1 Å². The van der Waals surface area contributed by atoms with Crippen molar-refractivity contribution in [2.75, 3.05) is 13.7 Å². The molecule has 0 aliphatic heterocycles. The van der Waals surface area contributed by atoms with Gasteiger partial charge >= 0.3 is 0 Å². The third-order valence-corrected chi connectivity index (χ3v) is 4.67. The van der Waals surface area contributed by atoms with Gasteiger partial charge in [0.15, 0.2) is 5.60 Å². The normalized spacial score (nSPS) is 13.8. The average molecular weight is 386 g/mol. The first-order valence-corrected chi connectivity index (χ1v) is 8.80. The maximum absolute atomic E-state index is 12.6. The zero-order valence-corrected chi connectivity index (χ0v) is 16.5. The molecule has 5 heteroatoms. The largest absolute Gasteiger partial charge is 0.495 e. The Morgan fingerprint density at radius 2 is 1.96 bits per heavy atom. The van der Waals surface area contributed by atoms with Gasteiger partial charge in [0.05, 0.1) is 11.6 Å². The van der Waals surface area contributed by atoms with Gasteiger partial charge in [-0.05, 0) is 47.3 Å². The fourth-order valence-corrected chi connectivity index (χ4v) is 2.43. The Balaban J connectivity index is 2.90. The molecule has 23 heavy (non-hydrogen) atoms. The van der Waals surface area contributed by atoms with Gasteiger partial charge in [-0.3, -0.25) is 4.79 Å². The van der Waals surface area contributed by atoms with Crippen LogP contribution >= 0.6 is 15.9 Å². The van der Waals surface area contributed by atoms with E-state index in [0.717, 1.165) is 10.9 Å². The molecule has 0 aromatic heterocycles. The third-order valence-electron chi connectivity index (χ3n) is 4.01. The monoisotopic (exact) mass is 385 g/mol. The second-order valence-corrected chi connectivity index (χ2v) is 7.45. The number of methoxy groups -OCH3 is 1. The van der Waals surface area contributed by atoms with Crippen LogP contribution in [0.1, 0.15) is 41.0 Å². The average Bonchev–Trinajstić information content (AvgIpc) is 2.48. The maximum Gasteiger partial charge on any atom is 0.264 e. The zero-order valence-electron chi connectivity index (χ0n) is 14.9. The van der Waals surface area contributed by atoms with Crippen molar-refractivity contribution in [2.45, 2.75) is 46.6 Å². The van der Waals surface area contributed by atoms with Crippen molar-refractivity contribution >= 4 is 21.8 Å². The van der Waals surface area contributed by atoms with Gasteiger partial charge in [0, 0.05) is 18.5 Å². The van der Waals surface area contributed by atoms with E-state index in [1.807, 2.05) is 32.9 Å². The highest BCUT2D eigenvalue weighted by Gasteiger charge is 2.39. The molecule has 0 bridgehead atoms. The summed E-state index contributed by atoms with van der Waals surface area (Å²) in [5.74, 6) is 1.78. The van der Waals surface area contributed by atoms with E-state index in [1.54, 1.807) is 13.2 Å². The smallest absolute Gasteiger partial charge is 0.264 e. The molecule has 1 amide bonds. The Morgan fingerprint density at radius 3 is 2.48 bits per heavy atom. The summed E-state index contributed by atoms with van der Waals surface area (Å²) in [5, 5.41) is 2.99. The van der Waals surface area contributed by atoms with Crippen molar-refractivity contribution in [3.05, 3.63) is 22.7 Å². The molecule has 0 aliphatic rings. The Hall–Kier alpha value is -1.23. The number of ether oxygens (including phenoxy) is 2. The zero-order chi connectivity index (χ0) is 17.6. The van der Waals surface area contributed by atoms with E-state index in [-0.39, 0.29) is 11.8 Å². The van der Waals surface area contributed by atoms with Crippen molar-refractivity contribution in [1.29, 1.82) is 0 Å². The lowest BCUT2D eigenvalue weighted by Crippen LogP contribution is -2.52. The Kier molecular flexibility index (Phi) is 7.39. The molecule has 1 N–H and O–H groups in total. The molecule has 0 heterocycles. The second-order valence-electron chi connectivity index (χ2n) is 6.60. The van der Waals surface area contributed by atoms with Crippen LogP contribution in [0.25, 0.3) is 0 Å². The Labute approximate surface area is 148 Å². The van der Waals surface area contributed by atoms with Crippen LogP contribution in [0.2, 0.25) is 0 Å². The molecule has 4 nitrogen and oxygen atoms in total. The summed E-state index contributed by atoms with van der Waals surface area (Å²) < 4.78 is 12.2. The number of amides is 1. The summed E-state index contributed by atoms with van der Waals surface area (Å²) in [6.07, 6.45) is 0.950. The molecule has 130 valence electrons. The summed E-state index contributed by atoms with van der Waals surface area (Å²) in [6.45, 7) is 10.7. The molecule has 1 rings (SSSR count). The van der Waals surface area contributed by atoms with Crippen LogP contribution in [0, 0.1) is 11.8 Å². The maximum atomic E-state index is 12.6. The van der Waals surface area contributed by atoms with Gasteiger partial charge in [-0.15, -0.1) is 0 Å². The molecule has 0 aliphatic carbocycles. The molecule has 0 saturated heterocycles. The Morgan fingerprint density at radius 1 is 1.30 bits per heavy atom. The number of carbonyl (C=O) groups is 1. The molecular formula is C18H28BrNO3. The first-order valence-electron chi connectivity index (χ1n) is 8.01. The molecule has 1 aromatic carbocycles. The van der Waals surface area contributed by atoms with Gasteiger partial charge in [0.1, 0.15) is 11.5 Å². The summed E-state index contributed by atoms with van der Waals surface area (Å²) in [6, 6.07) is 5.46. The standard InChI is InChI=1S/C18H28BrNO3/c1-12(2)9-10-20-17(21)18(5,13(3)4)23-14-7-8-15(19)16(11-14)22-6/h7-8,11-13H,9-10H2,1-6H3,(H,20,21). The number of nitrogens with one attached hydrogen (secondary N) is 1. The van der Waals surface area contributed by atoms with E-state index in [9.17, 15) is 4.79 Å². The first-order chi connectivity index (χ1) is 10.7. The van der Waals surface area contributed by atoms with Gasteiger partial charge in [0.25, 0.3) is 5.91 Å². The number of halogens is 1. The SMILES string of the molecule is COc1cc(OC(C)(C(=O)NCCC(C)C)C(C)C)ccc1Br. The summed E-state index contributed by atoms with van der Waals surface area (Å²) in [7, 11) is 1.60. The van der Waals surface area contributed by atoms with Crippen LogP contribution in [0.5, 0.6) is 11.5 Å². The number of carbonyl (C=O) groups excluding carboxylic acids is 1. The van der Waals surface area contributed by atoms with Crippen LogP contribution in [0.3, 0.4) is 0 Å². The fraction of sp³-hybridized carbons (Fsp3) is 0.611. The first kappa shape index (κ1) is 19.8. The predicted molar refractivity (Wildman–Crippen MR) is 97.0 cm³/mol. The quantitative estimate of drug-likeness (QED) is 0.720. The van der Waals surface area contributed by atoms with Crippen molar-refractivity contribution < 1.29 is 14.3 Å². The molecule has 0 radical (unpaired) electrons. The molecule has 0 fully saturated rings. The van der Waals surface area contributed by atoms with Crippen LogP contribution in [-0.4, -0.2) is 25.2 Å². The molecule has 1 unspecified atom stereocenters. The van der Waals surface area contributed by atoms with E-state index < -0.39 is 5.60 Å². The van der Waals surface area contributed by atoms with Gasteiger partial charge in [0.2, 0.25) is 0 Å². The van der Waals surface area contributed by atoms with Crippen LogP contribution in [0.4, 0.5) is 0 Å². The minimum absolute atomic E-state index is 0.0243. The van der Waals surface area contributed by atoms with E-state index in [1.165, 1.54) is 0 Å². The third kappa shape index (κ3) is 5.41. The van der Waals surface area contributed by atoms with Crippen LogP contribution < -0.4 is 14.8 Å². The highest BCUT2D eigenvalue weighted by molar-refractivity contribution is 9.10. The van der Waals surface area contributed by atoms with Gasteiger partial charge in [-0.25, -0.2) is 0 Å². The number of hydrogen-bond acceptors (Lipinski definition) is 3. The molecule has 1 atom stereocenters. The van der Waals surface area contributed by atoms with E-state index in [0.29, 0.717) is 24.0 Å². The summed E-state index contributed by atoms with van der Waals surface area (Å²) in [4.78, 5) is 12.6. The van der Waals surface area contributed by atoms with Crippen LogP contribution in [0.15, 0.2) is 22.7 Å². The minimum Gasteiger partial charge on any atom is -0.495 e. The van der Waals surface area contributed by atoms with Gasteiger partial charge < -0.3 is 14.8 Å². The lowest BCUT2D eigenvalue weighted by atomic mass is 9.91. The fourth-order valence-electron chi connectivity index (χ4n) is 2.02. The minimum atomic E-state index is -0.935. The molecule has 1 aromatic rings. The summed E-state index contributed by atoms with van der Waals surface area (Å²) >= 11 is 3.42. The second kappa shape index (κ2) is 8.57. The highest BCUT2D eigenvalue weighted by Crippen LogP contribution is 2.32. The highest BCUT2D eigenvalue weighted by atomic mass is 79.9. The van der Waals surface area contributed by atoms with Crippen molar-refractivity contribution in [2.24, 2.45) is 11.8 Å². The van der Waals surface area contributed by atoms with E-state index >= 15 is 0 Å². The van der Waals surface area contributed by atoms with Crippen molar-refractivity contribution in [1.82, 2.24) is 5.32 Å². The molecular weight excluding hydrogens is 358 g/mol.